The third kappa shape index (κ3) is 4.43. The first kappa shape index (κ1) is 16.3. The van der Waals surface area contributed by atoms with Gasteiger partial charge in [-0.3, -0.25) is 9.69 Å². The molecule has 0 radical (unpaired) electrons. The second-order valence-electron chi connectivity index (χ2n) is 6.30. The monoisotopic (exact) mass is 310 g/mol. The maximum atomic E-state index is 11.4. The van der Waals surface area contributed by atoms with Gasteiger partial charge in [-0.2, -0.15) is 0 Å². The Morgan fingerprint density at radius 1 is 1.29 bits per heavy atom. The Morgan fingerprint density at radius 3 is 2.38 bits per heavy atom. The number of ketones is 1. The number of carbonyl (C=O) groups is 1. The van der Waals surface area contributed by atoms with E-state index in [1.165, 1.54) is 6.92 Å². The van der Waals surface area contributed by atoms with Crippen LogP contribution >= 0.6 is 11.6 Å². The van der Waals surface area contributed by atoms with Gasteiger partial charge in [-0.25, -0.2) is 0 Å². The second-order valence-corrected chi connectivity index (χ2v) is 6.70. The molecule has 0 aliphatic carbocycles. The molecule has 1 aliphatic heterocycles. The van der Waals surface area contributed by atoms with Gasteiger partial charge in [0.15, 0.2) is 5.78 Å². The Hall–Kier alpha value is -1.10. The summed E-state index contributed by atoms with van der Waals surface area (Å²) in [7, 11) is 0. The summed E-state index contributed by atoms with van der Waals surface area (Å²) in [6.45, 7) is 9.49. The van der Waals surface area contributed by atoms with Crippen LogP contribution in [0.3, 0.4) is 0 Å². The van der Waals surface area contributed by atoms with E-state index in [0.29, 0.717) is 17.1 Å². The summed E-state index contributed by atoms with van der Waals surface area (Å²) < 4.78 is 0. The predicted molar refractivity (Wildman–Crippen MR) is 86.4 cm³/mol. The average Bonchev–Trinajstić information content (AvgIpc) is 2.37. The van der Waals surface area contributed by atoms with E-state index in [0.717, 1.165) is 31.9 Å². The van der Waals surface area contributed by atoms with Gasteiger partial charge in [0.25, 0.3) is 0 Å². The normalized spacial score (nSPS) is 17.1. The molecular formula is C16H23ClN2O2. The van der Waals surface area contributed by atoms with Crippen molar-refractivity contribution in [1.29, 1.82) is 0 Å². The van der Waals surface area contributed by atoms with Gasteiger partial charge in [-0.15, -0.1) is 0 Å². The molecule has 1 aliphatic rings. The molecule has 1 heterocycles. The number of nitrogens with zero attached hydrogens (tertiary/aromatic N) is 2. The highest BCUT2D eigenvalue weighted by Crippen LogP contribution is 2.25. The molecule has 21 heavy (non-hydrogen) atoms. The highest BCUT2D eigenvalue weighted by atomic mass is 35.5. The highest BCUT2D eigenvalue weighted by Gasteiger charge is 2.23. The Bertz CT molecular complexity index is 517. The van der Waals surface area contributed by atoms with Gasteiger partial charge in [0, 0.05) is 44.0 Å². The number of β-amino-alcohol motifs (C(OH)–C–C–N with tert-alkyl or cyclic N) is 1. The van der Waals surface area contributed by atoms with Crippen molar-refractivity contribution in [3.63, 3.8) is 0 Å². The highest BCUT2D eigenvalue weighted by molar-refractivity contribution is 6.34. The van der Waals surface area contributed by atoms with Crippen LogP contribution < -0.4 is 4.90 Å². The van der Waals surface area contributed by atoms with Crippen molar-refractivity contribution in [3.05, 3.63) is 28.8 Å². The number of rotatable bonds is 4. The first-order valence-electron chi connectivity index (χ1n) is 7.26. The predicted octanol–water partition coefficient (Wildman–Crippen LogP) is 2.44. The molecule has 1 aromatic rings. The first-order chi connectivity index (χ1) is 9.76. The van der Waals surface area contributed by atoms with Crippen LogP contribution in [0.5, 0.6) is 0 Å². The van der Waals surface area contributed by atoms with Gasteiger partial charge in [0.05, 0.1) is 10.6 Å². The Morgan fingerprint density at radius 2 is 1.90 bits per heavy atom. The number of piperazine rings is 1. The Labute approximate surface area is 131 Å². The molecule has 0 unspecified atom stereocenters. The molecule has 2 rings (SSSR count). The van der Waals surface area contributed by atoms with Crippen LogP contribution in [-0.4, -0.2) is 54.1 Å². The molecule has 4 nitrogen and oxygen atoms in total. The van der Waals surface area contributed by atoms with E-state index in [1.807, 2.05) is 26.0 Å². The summed E-state index contributed by atoms with van der Waals surface area (Å²) in [6.07, 6.45) is 0. The zero-order valence-electron chi connectivity index (χ0n) is 12.9. The second kappa shape index (κ2) is 6.34. The summed E-state index contributed by atoms with van der Waals surface area (Å²) in [4.78, 5) is 15.9. The molecule has 1 N–H and O–H groups in total. The fourth-order valence-corrected chi connectivity index (χ4v) is 3.01. The molecule has 1 aromatic carbocycles. The zero-order valence-corrected chi connectivity index (χ0v) is 13.7. The molecular weight excluding hydrogens is 288 g/mol. The van der Waals surface area contributed by atoms with Crippen LogP contribution in [0.15, 0.2) is 18.2 Å². The number of carbonyl (C=O) groups excluding carboxylic acids is 1. The van der Waals surface area contributed by atoms with Gasteiger partial charge < -0.3 is 10.0 Å². The molecule has 1 fully saturated rings. The molecule has 116 valence electrons. The fourth-order valence-electron chi connectivity index (χ4n) is 2.70. The van der Waals surface area contributed by atoms with E-state index in [2.05, 4.69) is 9.80 Å². The van der Waals surface area contributed by atoms with E-state index in [4.69, 9.17) is 11.6 Å². The lowest BCUT2D eigenvalue weighted by atomic mass is 10.1. The topological polar surface area (TPSA) is 43.8 Å². The van der Waals surface area contributed by atoms with Gasteiger partial charge in [-0.1, -0.05) is 11.6 Å². The smallest absolute Gasteiger partial charge is 0.161 e. The lowest BCUT2D eigenvalue weighted by molar-refractivity contribution is 0.0345. The van der Waals surface area contributed by atoms with Crippen molar-refractivity contribution in [2.24, 2.45) is 0 Å². The van der Waals surface area contributed by atoms with Crippen molar-refractivity contribution in [3.8, 4) is 0 Å². The maximum absolute atomic E-state index is 11.4. The van der Waals surface area contributed by atoms with Gasteiger partial charge >= 0.3 is 0 Å². The minimum Gasteiger partial charge on any atom is -0.389 e. The van der Waals surface area contributed by atoms with Crippen LogP contribution in [0.4, 0.5) is 5.69 Å². The summed E-state index contributed by atoms with van der Waals surface area (Å²) in [5.41, 5.74) is 0.961. The Balaban J connectivity index is 1.99. The van der Waals surface area contributed by atoms with Crippen molar-refractivity contribution >= 4 is 23.1 Å². The number of benzene rings is 1. The van der Waals surface area contributed by atoms with Crippen LogP contribution in [0.25, 0.3) is 0 Å². The van der Waals surface area contributed by atoms with Gasteiger partial charge in [0.1, 0.15) is 0 Å². The maximum Gasteiger partial charge on any atom is 0.161 e. The van der Waals surface area contributed by atoms with E-state index >= 15 is 0 Å². The first-order valence-corrected chi connectivity index (χ1v) is 7.64. The lowest BCUT2D eigenvalue weighted by Gasteiger charge is -2.38. The number of hydrogen-bond acceptors (Lipinski definition) is 4. The van der Waals surface area contributed by atoms with E-state index in [-0.39, 0.29) is 5.78 Å². The third-order valence-electron chi connectivity index (χ3n) is 3.68. The molecule has 0 spiro atoms. The van der Waals surface area contributed by atoms with Crippen molar-refractivity contribution in [2.75, 3.05) is 37.6 Å². The van der Waals surface area contributed by atoms with Crippen molar-refractivity contribution < 1.29 is 9.90 Å². The molecule has 5 heteroatoms. The van der Waals surface area contributed by atoms with Crippen LogP contribution in [0, 0.1) is 0 Å². The van der Waals surface area contributed by atoms with E-state index in [9.17, 15) is 9.90 Å². The number of aliphatic hydroxyl groups is 1. The molecule has 0 aromatic heterocycles. The standard InChI is InChI=1S/C16H23ClN2O2/c1-12(20)14-5-4-13(10-15(14)17)19-8-6-18(7-9-19)11-16(2,3)21/h4-5,10,21H,6-9,11H2,1-3H3. The summed E-state index contributed by atoms with van der Waals surface area (Å²) in [6, 6.07) is 5.61. The lowest BCUT2D eigenvalue weighted by Crippen LogP contribution is -2.50. The van der Waals surface area contributed by atoms with E-state index in [1.54, 1.807) is 6.07 Å². The fraction of sp³-hybridized carbons (Fsp3) is 0.562. The minimum atomic E-state index is -0.658. The minimum absolute atomic E-state index is 0.0125. The number of hydrogen-bond donors (Lipinski definition) is 1. The number of Topliss-reactive ketones (excluding diaryl/α,β-unsaturated/α-hetero) is 1. The number of anilines is 1. The molecule has 0 amide bonds. The quantitative estimate of drug-likeness (QED) is 0.868. The Kier molecular flexibility index (Phi) is 4.91. The number of halogens is 1. The van der Waals surface area contributed by atoms with Crippen molar-refractivity contribution in [1.82, 2.24) is 4.90 Å². The molecule has 0 atom stereocenters. The van der Waals surface area contributed by atoms with Gasteiger partial charge in [0.2, 0.25) is 0 Å². The average molecular weight is 311 g/mol. The molecule has 0 bridgehead atoms. The van der Waals surface area contributed by atoms with Crippen LogP contribution in [0.1, 0.15) is 31.1 Å². The SMILES string of the molecule is CC(=O)c1ccc(N2CCN(CC(C)(C)O)CC2)cc1Cl. The largest absolute Gasteiger partial charge is 0.389 e. The summed E-state index contributed by atoms with van der Waals surface area (Å²) >= 11 is 6.17. The molecule has 0 saturated carbocycles. The van der Waals surface area contributed by atoms with E-state index < -0.39 is 5.60 Å². The zero-order chi connectivity index (χ0) is 15.6. The third-order valence-corrected chi connectivity index (χ3v) is 3.99. The summed E-state index contributed by atoms with van der Waals surface area (Å²) in [5, 5.41) is 10.4. The summed E-state index contributed by atoms with van der Waals surface area (Å²) in [5.74, 6) is -0.0125. The van der Waals surface area contributed by atoms with Crippen molar-refractivity contribution in [2.45, 2.75) is 26.4 Å². The van der Waals surface area contributed by atoms with Crippen LogP contribution in [0.2, 0.25) is 5.02 Å². The van der Waals surface area contributed by atoms with Gasteiger partial charge in [-0.05, 0) is 39.0 Å². The molecule has 1 saturated heterocycles. The van der Waals surface area contributed by atoms with Crippen LogP contribution in [-0.2, 0) is 0 Å².